The van der Waals surface area contributed by atoms with E-state index in [9.17, 15) is 18.0 Å². The monoisotopic (exact) mass is 563 g/mol. The molecule has 1 fully saturated rings. The number of carbonyl (C=O) groups excluding carboxylic acids is 2. The molecule has 3 aromatic carbocycles. The zero-order valence-corrected chi connectivity index (χ0v) is 23.8. The van der Waals surface area contributed by atoms with E-state index in [1.807, 2.05) is 60.7 Å². The number of anilines is 1. The van der Waals surface area contributed by atoms with Crippen molar-refractivity contribution in [2.24, 2.45) is 0 Å². The van der Waals surface area contributed by atoms with Crippen LogP contribution >= 0.6 is 0 Å². The molecule has 0 aliphatic heterocycles. The predicted octanol–water partition coefficient (Wildman–Crippen LogP) is 4.16. The van der Waals surface area contributed by atoms with E-state index in [0.29, 0.717) is 17.9 Å². The first kappa shape index (κ1) is 29.1. The fourth-order valence-corrected chi connectivity index (χ4v) is 5.92. The summed E-state index contributed by atoms with van der Waals surface area (Å²) in [7, 11) is -2.34. The summed E-state index contributed by atoms with van der Waals surface area (Å²) in [4.78, 5) is 29.5. The van der Waals surface area contributed by atoms with E-state index in [1.165, 1.54) is 12.0 Å². The Balaban J connectivity index is 1.71. The third-order valence-corrected chi connectivity index (χ3v) is 8.33. The van der Waals surface area contributed by atoms with Gasteiger partial charge in [0.25, 0.3) is 0 Å². The molecule has 9 heteroatoms. The summed E-state index contributed by atoms with van der Waals surface area (Å²) in [5.74, 6) is -0.232. The molecule has 0 saturated heterocycles. The molecule has 0 aromatic heterocycles. The van der Waals surface area contributed by atoms with Crippen molar-refractivity contribution < 1.29 is 22.7 Å². The van der Waals surface area contributed by atoms with E-state index >= 15 is 0 Å². The number of hydrogen-bond acceptors (Lipinski definition) is 5. The van der Waals surface area contributed by atoms with Gasteiger partial charge in [0.1, 0.15) is 18.3 Å². The zero-order valence-electron chi connectivity index (χ0n) is 23.0. The highest BCUT2D eigenvalue weighted by molar-refractivity contribution is 7.92. The van der Waals surface area contributed by atoms with Gasteiger partial charge in [-0.15, -0.1) is 0 Å². The number of nitrogens with one attached hydrogen (secondary N) is 1. The molecule has 0 spiro atoms. The van der Waals surface area contributed by atoms with Crippen LogP contribution in [-0.4, -0.2) is 57.1 Å². The number of amides is 2. The maximum atomic E-state index is 14.1. The molecule has 1 aliphatic carbocycles. The van der Waals surface area contributed by atoms with Crippen molar-refractivity contribution in [3.05, 3.63) is 96.1 Å². The molecule has 2 amide bonds. The van der Waals surface area contributed by atoms with Crippen molar-refractivity contribution in [3.8, 4) is 5.75 Å². The lowest BCUT2D eigenvalue weighted by Crippen LogP contribution is -2.54. The molecular weight excluding hydrogens is 526 g/mol. The smallest absolute Gasteiger partial charge is 0.244 e. The Morgan fingerprint density at radius 2 is 1.55 bits per heavy atom. The Bertz CT molecular complexity index is 1380. The number of carbonyl (C=O) groups is 2. The van der Waals surface area contributed by atoms with E-state index in [4.69, 9.17) is 4.74 Å². The second kappa shape index (κ2) is 13.5. The molecule has 0 heterocycles. The van der Waals surface area contributed by atoms with Crippen LogP contribution in [0.1, 0.15) is 36.8 Å². The van der Waals surface area contributed by atoms with Gasteiger partial charge in [-0.3, -0.25) is 13.9 Å². The van der Waals surface area contributed by atoms with E-state index in [0.717, 1.165) is 47.4 Å². The summed E-state index contributed by atoms with van der Waals surface area (Å²) >= 11 is 0. The first-order chi connectivity index (χ1) is 19.2. The van der Waals surface area contributed by atoms with Crippen LogP contribution in [0.2, 0.25) is 0 Å². The van der Waals surface area contributed by atoms with Crippen LogP contribution in [0.25, 0.3) is 0 Å². The van der Waals surface area contributed by atoms with Crippen LogP contribution in [0, 0.1) is 0 Å². The summed E-state index contributed by atoms with van der Waals surface area (Å²) < 4.78 is 32.2. The number of methoxy groups -OCH3 is 1. The van der Waals surface area contributed by atoms with Crippen LogP contribution in [0.5, 0.6) is 5.75 Å². The van der Waals surface area contributed by atoms with Gasteiger partial charge in [0.05, 0.1) is 19.1 Å². The van der Waals surface area contributed by atoms with Gasteiger partial charge in [-0.1, -0.05) is 79.6 Å². The van der Waals surface area contributed by atoms with Gasteiger partial charge in [0.2, 0.25) is 21.8 Å². The number of rotatable bonds is 12. The van der Waals surface area contributed by atoms with Crippen LogP contribution in [0.3, 0.4) is 0 Å². The van der Waals surface area contributed by atoms with Crippen LogP contribution < -0.4 is 14.4 Å². The molecule has 0 bridgehead atoms. The minimum absolute atomic E-state index is 0.0729. The van der Waals surface area contributed by atoms with Crippen molar-refractivity contribution in [2.75, 3.05) is 24.2 Å². The minimum atomic E-state index is -3.84. The average Bonchev–Trinajstić information content (AvgIpc) is 3.47. The number of hydrogen-bond donors (Lipinski definition) is 1. The van der Waals surface area contributed by atoms with Gasteiger partial charge >= 0.3 is 0 Å². The predicted molar refractivity (Wildman–Crippen MR) is 157 cm³/mol. The number of ether oxygens (including phenoxy) is 1. The van der Waals surface area contributed by atoms with Gasteiger partial charge in [0.15, 0.2) is 0 Å². The highest BCUT2D eigenvalue weighted by Crippen LogP contribution is 2.25. The number of nitrogens with zero attached hydrogens (tertiary/aromatic N) is 2. The standard InChI is InChI=1S/C31H37N3O5S/c1-39-28-19-11-18-27(21-28)34(40(2,37)38)23-30(35)33(22-25-14-7-4-8-15-25)29(20-24-12-5-3-6-13-24)31(36)32-26-16-9-10-17-26/h3-8,11-15,18-19,21,26,29H,9-10,16-17,20,22-23H2,1-2H3,(H,32,36)/t29-/m1/s1. The molecule has 40 heavy (non-hydrogen) atoms. The van der Waals surface area contributed by atoms with E-state index in [-0.39, 0.29) is 18.5 Å². The highest BCUT2D eigenvalue weighted by Gasteiger charge is 2.34. The third-order valence-electron chi connectivity index (χ3n) is 7.19. The van der Waals surface area contributed by atoms with E-state index in [2.05, 4.69) is 5.32 Å². The van der Waals surface area contributed by atoms with Crippen molar-refractivity contribution in [1.29, 1.82) is 0 Å². The molecule has 4 rings (SSSR count). The minimum Gasteiger partial charge on any atom is -0.497 e. The maximum Gasteiger partial charge on any atom is 0.244 e. The van der Waals surface area contributed by atoms with Crippen LogP contribution in [0.15, 0.2) is 84.9 Å². The Kier molecular flexibility index (Phi) is 9.82. The molecule has 8 nitrogen and oxygen atoms in total. The lowest BCUT2D eigenvalue weighted by Gasteiger charge is -2.34. The van der Waals surface area contributed by atoms with Gasteiger partial charge in [-0.05, 0) is 36.1 Å². The maximum absolute atomic E-state index is 14.1. The largest absolute Gasteiger partial charge is 0.497 e. The normalized spacial score (nSPS) is 14.3. The van der Waals surface area contributed by atoms with Crippen molar-refractivity contribution in [2.45, 2.75) is 50.7 Å². The lowest BCUT2D eigenvalue weighted by molar-refractivity contribution is -0.140. The first-order valence-corrected chi connectivity index (χ1v) is 15.4. The summed E-state index contributed by atoms with van der Waals surface area (Å²) in [6.45, 7) is -0.300. The van der Waals surface area contributed by atoms with Crippen molar-refractivity contribution >= 4 is 27.5 Å². The zero-order chi connectivity index (χ0) is 28.5. The molecular formula is C31H37N3O5S. The first-order valence-electron chi connectivity index (χ1n) is 13.5. The fourth-order valence-electron chi connectivity index (χ4n) is 5.08. The number of sulfonamides is 1. The van der Waals surface area contributed by atoms with Crippen molar-refractivity contribution in [1.82, 2.24) is 10.2 Å². The molecule has 1 aliphatic rings. The average molecular weight is 564 g/mol. The lowest BCUT2D eigenvalue weighted by atomic mass is 10.0. The Morgan fingerprint density at radius 1 is 0.925 bits per heavy atom. The van der Waals surface area contributed by atoms with Crippen LogP contribution in [-0.2, 0) is 32.6 Å². The van der Waals surface area contributed by atoms with E-state index < -0.39 is 28.5 Å². The highest BCUT2D eigenvalue weighted by atomic mass is 32.2. The molecule has 212 valence electrons. The molecule has 0 unspecified atom stereocenters. The molecule has 1 atom stereocenters. The van der Waals surface area contributed by atoms with Gasteiger partial charge < -0.3 is 15.0 Å². The molecule has 1 N–H and O–H groups in total. The quantitative estimate of drug-likeness (QED) is 0.357. The Morgan fingerprint density at radius 3 is 2.15 bits per heavy atom. The second-order valence-corrected chi connectivity index (χ2v) is 12.1. The van der Waals surface area contributed by atoms with E-state index in [1.54, 1.807) is 24.3 Å². The summed E-state index contributed by atoms with van der Waals surface area (Å²) in [6, 6.07) is 24.8. The fraction of sp³-hybridized carbons (Fsp3) is 0.355. The van der Waals surface area contributed by atoms with Gasteiger partial charge in [-0.2, -0.15) is 0 Å². The Labute approximate surface area is 237 Å². The second-order valence-electron chi connectivity index (χ2n) is 10.2. The summed E-state index contributed by atoms with van der Waals surface area (Å²) in [6.07, 6.45) is 5.31. The molecule has 3 aromatic rings. The summed E-state index contributed by atoms with van der Waals surface area (Å²) in [5.41, 5.74) is 2.06. The van der Waals surface area contributed by atoms with Gasteiger partial charge in [-0.25, -0.2) is 8.42 Å². The SMILES string of the molecule is COc1cccc(N(CC(=O)N(Cc2ccccc2)[C@H](Cc2ccccc2)C(=O)NC2CCCC2)S(C)(=O)=O)c1. The van der Waals surface area contributed by atoms with Crippen LogP contribution in [0.4, 0.5) is 5.69 Å². The Hall–Kier alpha value is -3.85. The van der Waals surface area contributed by atoms with Crippen molar-refractivity contribution in [3.63, 3.8) is 0 Å². The molecule has 1 saturated carbocycles. The third kappa shape index (κ3) is 7.85. The van der Waals surface area contributed by atoms with Gasteiger partial charge in [0, 0.05) is 25.1 Å². The summed E-state index contributed by atoms with van der Waals surface area (Å²) in [5, 5.41) is 3.17. The topological polar surface area (TPSA) is 96.0 Å². The molecule has 0 radical (unpaired) electrons. The number of benzene rings is 3.